The zero-order valence-electron chi connectivity index (χ0n) is 10.4. The number of hydrogen-bond acceptors (Lipinski definition) is 2. The van der Waals surface area contributed by atoms with Crippen molar-refractivity contribution in [3.63, 3.8) is 0 Å². The molecule has 0 saturated carbocycles. The highest BCUT2D eigenvalue weighted by Crippen LogP contribution is 2.23. The Bertz CT molecular complexity index is 641. The van der Waals surface area contributed by atoms with E-state index in [0.29, 0.717) is 5.69 Å². The van der Waals surface area contributed by atoms with Gasteiger partial charge in [0.2, 0.25) is 0 Å². The first-order valence-electron chi connectivity index (χ1n) is 5.76. The van der Waals surface area contributed by atoms with Crippen LogP contribution >= 0.6 is 22.6 Å². The molecule has 3 nitrogen and oxygen atoms in total. The van der Waals surface area contributed by atoms with E-state index in [1.807, 2.05) is 0 Å². The van der Waals surface area contributed by atoms with Gasteiger partial charge < -0.3 is 10.1 Å². The molecule has 0 fully saturated rings. The van der Waals surface area contributed by atoms with Crippen LogP contribution in [0, 0.1) is 3.57 Å². The molecule has 1 N–H and O–H groups in total. The van der Waals surface area contributed by atoms with E-state index >= 15 is 0 Å². The summed E-state index contributed by atoms with van der Waals surface area (Å²) in [7, 11) is 0. The number of amides is 1. The highest BCUT2D eigenvalue weighted by Gasteiger charge is 2.31. The zero-order valence-corrected chi connectivity index (χ0v) is 12.6. The molecule has 110 valence electrons. The average molecular weight is 407 g/mol. The van der Waals surface area contributed by atoms with Gasteiger partial charge in [-0.25, -0.2) is 0 Å². The van der Waals surface area contributed by atoms with Crippen molar-refractivity contribution < 1.29 is 22.7 Å². The lowest BCUT2D eigenvalue weighted by Gasteiger charge is -2.10. The van der Waals surface area contributed by atoms with E-state index in [9.17, 15) is 18.0 Å². The maximum Gasteiger partial charge on any atom is 0.573 e. The lowest BCUT2D eigenvalue weighted by atomic mass is 10.2. The van der Waals surface area contributed by atoms with Crippen LogP contribution in [-0.2, 0) is 0 Å². The SMILES string of the molecule is O=C(Nc1ccc(I)cc1)c1cccc(OC(F)(F)F)c1. The lowest BCUT2D eigenvalue weighted by Crippen LogP contribution is -2.18. The second-order valence-corrected chi connectivity index (χ2v) is 5.28. The summed E-state index contributed by atoms with van der Waals surface area (Å²) in [5, 5.41) is 2.60. The zero-order chi connectivity index (χ0) is 15.5. The smallest absolute Gasteiger partial charge is 0.406 e. The van der Waals surface area contributed by atoms with E-state index < -0.39 is 18.0 Å². The van der Waals surface area contributed by atoms with Crippen molar-refractivity contribution in [3.8, 4) is 5.75 Å². The van der Waals surface area contributed by atoms with Gasteiger partial charge in [-0.05, 0) is 65.1 Å². The summed E-state index contributed by atoms with van der Waals surface area (Å²) in [5.74, 6) is -0.943. The van der Waals surface area contributed by atoms with E-state index in [4.69, 9.17) is 0 Å². The largest absolute Gasteiger partial charge is 0.573 e. The quantitative estimate of drug-likeness (QED) is 0.765. The minimum atomic E-state index is -4.79. The van der Waals surface area contributed by atoms with Crippen LogP contribution in [0.3, 0.4) is 0 Å². The predicted octanol–water partition coefficient (Wildman–Crippen LogP) is 4.44. The molecule has 7 heteroatoms. The molecule has 0 aliphatic heterocycles. The molecule has 2 aromatic rings. The van der Waals surface area contributed by atoms with Crippen molar-refractivity contribution in [3.05, 3.63) is 57.7 Å². The molecule has 0 aromatic heterocycles. The number of carbonyl (C=O) groups excluding carboxylic acids is 1. The number of ether oxygens (including phenoxy) is 1. The van der Waals surface area contributed by atoms with E-state index in [0.717, 1.165) is 15.7 Å². The fraction of sp³-hybridized carbons (Fsp3) is 0.0714. The van der Waals surface area contributed by atoms with E-state index in [2.05, 4.69) is 32.6 Å². The number of nitrogens with one attached hydrogen (secondary N) is 1. The van der Waals surface area contributed by atoms with Crippen LogP contribution in [0.15, 0.2) is 48.5 Å². The van der Waals surface area contributed by atoms with Crippen LogP contribution in [-0.4, -0.2) is 12.3 Å². The number of anilines is 1. The molecule has 0 spiro atoms. The molecular weight excluding hydrogens is 398 g/mol. The number of benzene rings is 2. The maximum absolute atomic E-state index is 12.1. The standard InChI is InChI=1S/C14H9F3INO2/c15-14(16,17)21-12-3-1-2-9(8-12)13(20)19-11-6-4-10(18)5-7-11/h1-8H,(H,19,20). The van der Waals surface area contributed by atoms with Crippen molar-refractivity contribution in [2.24, 2.45) is 0 Å². The van der Waals surface area contributed by atoms with Crippen molar-refractivity contribution in [1.29, 1.82) is 0 Å². The molecular formula is C14H9F3INO2. The number of rotatable bonds is 3. The summed E-state index contributed by atoms with van der Waals surface area (Å²) in [6.07, 6.45) is -4.79. The van der Waals surface area contributed by atoms with Crippen molar-refractivity contribution in [1.82, 2.24) is 0 Å². The minimum absolute atomic E-state index is 0.0790. The van der Waals surface area contributed by atoms with Gasteiger partial charge in [-0.2, -0.15) is 0 Å². The van der Waals surface area contributed by atoms with Crippen LogP contribution < -0.4 is 10.1 Å². The second-order valence-electron chi connectivity index (χ2n) is 4.04. The molecule has 1 amide bonds. The van der Waals surface area contributed by atoms with Crippen LogP contribution in [0.1, 0.15) is 10.4 Å². The van der Waals surface area contributed by atoms with Gasteiger partial charge in [0.05, 0.1) is 0 Å². The van der Waals surface area contributed by atoms with Crippen LogP contribution in [0.5, 0.6) is 5.75 Å². The van der Waals surface area contributed by atoms with Gasteiger partial charge in [0.15, 0.2) is 0 Å². The van der Waals surface area contributed by atoms with Gasteiger partial charge in [0.25, 0.3) is 5.91 Å². The van der Waals surface area contributed by atoms with E-state index in [1.54, 1.807) is 24.3 Å². The first-order chi connectivity index (χ1) is 9.83. The average Bonchev–Trinajstić information content (AvgIpc) is 2.40. The fourth-order valence-corrected chi connectivity index (χ4v) is 1.93. The summed E-state index contributed by atoms with van der Waals surface area (Å²) in [6, 6.07) is 11.9. The molecule has 0 atom stereocenters. The Morgan fingerprint density at radius 2 is 1.76 bits per heavy atom. The van der Waals surface area contributed by atoms with Gasteiger partial charge in [-0.15, -0.1) is 13.2 Å². The van der Waals surface area contributed by atoms with Gasteiger partial charge in [0, 0.05) is 14.8 Å². The molecule has 2 aromatic carbocycles. The molecule has 2 rings (SSSR count). The van der Waals surface area contributed by atoms with Gasteiger partial charge in [-0.1, -0.05) is 6.07 Å². The maximum atomic E-state index is 12.1. The Balaban J connectivity index is 2.12. The van der Waals surface area contributed by atoms with Crippen LogP contribution in [0.4, 0.5) is 18.9 Å². The molecule has 0 heterocycles. The monoisotopic (exact) mass is 407 g/mol. The van der Waals surface area contributed by atoms with Crippen LogP contribution in [0.25, 0.3) is 0 Å². The third kappa shape index (κ3) is 4.92. The first-order valence-corrected chi connectivity index (χ1v) is 6.84. The summed E-state index contributed by atoms with van der Waals surface area (Å²) in [4.78, 5) is 12.0. The fourth-order valence-electron chi connectivity index (χ4n) is 1.57. The van der Waals surface area contributed by atoms with Crippen LogP contribution in [0.2, 0.25) is 0 Å². The Hall–Kier alpha value is -1.77. The topological polar surface area (TPSA) is 38.3 Å². The molecule has 0 bridgehead atoms. The second kappa shape index (κ2) is 6.33. The first kappa shape index (κ1) is 15.6. The number of carbonyl (C=O) groups is 1. The van der Waals surface area contributed by atoms with Crippen molar-refractivity contribution >= 4 is 34.2 Å². The third-order valence-electron chi connectivity index (χ3n) is 2.43. The Morgan fingerprint density at radius 1 is 1.10 bits per heavy atom. The van der Waals surface area contributed by atoms with Gasteiger partial charge in [-0.3, -0.25) is 4.79 Å². The molecule has 0 radical (unpaired) electrons. The highest BCUT2D eigenvalue weighted by molar-refractivity contribution is 14.1. The van der Waals surface area contributed by atoms with E-state index in [-0.39, 0.29) is 5.56 Å². The van der Waals surface area contributed by atoms with Gasteiger partial charge in [0.1, 0.15) is 5.75 Å². The van der Waals surface area contributed by atoms with Gasteiger partial charge >= 0.3 is 6.36 Å². The molecule has 0 unspecified atom stereocenters. The summed E-state index contributed by atoms with van der Waals surface area (Å²) in [5.41, 5.74) is 0.637. The third-order valence-corrected chi connectivity index (χ3v) is 3.15. The molecule has 0 aliphatic rings. The molecule has 0 aliphatic carbocycles. The summed E-state index contributed by atoms with van der Waals surface area (Å²) >= 11 is 2.12. The highest BCUT2D eigenvalue weighted by atomic mass is 127. The minimum Gasteiger partial charge on any atom is -0.406 e. The lowest BCUT2D eigenvalue weighted by molar-refractivity contribution is -0.274. The normalized spacial score (nSPS) is 11.0. The summed E-state index contributed by atoms with van der Waals surface area (Å²) in [6.45, 7) is 0. The molecule has 0 saturated heterocycles. The Morgan fingerprint density at radius 3 is 2.38 bits per heavy atom. The van der Waals surface area contributed by atoms with E-state index in [1.165, 1.54) is 12.1 Å². The number of hydrogen-bond donors (Lipinski definition) is 1. The predicted molar refractivity (Wildman–Crippen MR) is 80.2 cm³/mol. The number of halogens is 4. The molecule has 21 heavy (non-hydrogen) atoms. The Labute approximate surface area is 132 Å². The number of alkyl halides is 3. The summed E-state index contributed by atoms with van der Waals surface area (Å²) < 4.78 is 41.2. The van der Waals surface area contributed by atoms with Crippen molar-refractivity contribution in [2.45, 2.75) is 6.36 Å². The van der Waals surface area contributed by atoms with Crippen molar-refractivity contribution in [2.75, 3.05) is 5.32 Å². The Kier molecular flexibility index (Phi) is 4.71.